The minimum Gasteiger partial charge on any atom is -0.493 e. The second-order valence-electron chi connectivity index (χ2n) is 7.17. The molecule has 0 fully saturated rings. The fraction of sp³-hybridized carbons (Fsp3) is 0.280. The van der Waals surface area contributed by atoms with Crippen molar-refractivity contribution in [3.8, 4) is 11.5 Å². The van der Waals surface area contributed by atoms with Crippen molar-refractivity contribution in [1.82, 2.24) is 4.90 Å². The third-order valence-corrected chi connectivity index (χ3v) is 5.32. The van der Waals surface area contributed by atoms with Crippen LogP contribution < -0.4 is 9.47 Å². The van der Waals surface area contributed by atoms with E-state index in [2.05, 4.69) is 0 Å². The van der Waals surface area contributed by atoms with E-state index in [1.807, 2.05) is 35.2 Å². The first-order chi connectivity index (χ1) is 15.5. The number of methoxy groups -OCH3 is 4. The second-order valence-corrected chi connectivity index (χ2v) is 7.17. The summed E-state index contributed by atoms with van der Waals surface area (Å²) in [5, 5.41) is 0. The van der Waals surface area contributed by atoms with E-state index in [1.54, 1.807) is 37.7 Å². The minimum absolute atomic E-state index is 0.329. The maximum Gasteiger partial charge on any atom is 0.336 e. The summed E-state index contributed by atoms with van der Waals surface area (Å²) in [5.41, 5.74) is 2.49. The van der Waals surface area contributed by atoms with Crippen molar-refractivity contribution in [1.29, 1.82) is 0 Å². The van der Waals surface area contributed by atoms with Gasteiger partial charge >= 0.3 is 11.9 Å². The zero-order chi connectivity index (χ0) is 23.1. The molecule has 7 heteroatoms. The summed E-state index contributed by atoms with van der Waals surface area (Å²) >= 11 is 0. The van der Waals surface area contributed by atoms with Crippen molar-refractivity contribution >= 4 is 11.9 Å². The van der Waals surface area contributed by atoms with E-state index in [1.165, 1.54) is 21.3 Å². The number of rotatable bonds is 8. The van der Waals surface area contributed by atoms with Crippen molar-refractivity contribution in [3.05, 3.63) is 83.2 Å². The van der Waals surface area contributed by atoms with E-state index >= 15 is 0 Å². The van der Waals surface area contributed by atoms with Gasteiger partial charge in [-0.15, -0.1) is 0 Å². The summed E-state index contributed by atoms with van der Waals surface area (Å²) in [7, 11) is 5.71. The van der Waals surface area contributed by atoms with Gasteiger partial charge in [0.1, 0.15) is 0 Å². The lowest BCUT2D eigenvalue weighted by atomic mass is 9.83. The van der Waals surface area contributed by atoms with Gasteiger partial charge in [-0.1, -0.05) is 36.4 Å². The molecule has 0 bridgehead atoms. The molecular formula is C25H27NO6. The predicted molar refractivity (Wildman–Crippen MR) is 119 cm³/mol. The molecule has 2 aromatic rings. The van der Waals surface area contributed by atoms with Gasteiger partial charge in [0.15, 0.2) is 11.5 Å². The van der Waals surface area contributed by atoms with Crippen LogP contribution in [0.1, 0.15) is 17.0 Å². The lowest BCUT2D eigenvalue weighted by molar-refractivity contribution is -0.137. The zero-order valence-corrected chi connectivity index (χ0v) is 18.7. The fourth-order valence-corrected chi connectivity index (χ4v) is 3.71. The number of benzene rings is 2. The van der Waals surface area contributed by atoms with Gasteiger partial charge in [-0.05, 0) is 29.7 Å². The summed E-state index contributed by atoms with van der Waals surface area (Å²) in [6, 6.07) is 15.3. The van der Waals surface area contributed by atoms with Gasteiger partial charge < -0.3 is 23.8 Å². The van der Waals surface area contributed by atoms with E-state index in [9.17, 15) is 9.59 Å². The summed E-state index contributed by atoms with van der Waals surface area (Å²) < 4.78 is 20.8. The molecule has 0 atom stereocenters. The van der Waals surface area contributed by atoms with Crippen LogP contribution in [0.2, 0.25) is 0 Å². The molecule has 168 valence electrons. The van der Waals surface area contributed by atoms with Crippen LogP contribution in [0.25, 0.3) is 0 Å². The van der Waals surface area contributed by atoms with E-state index in [4.69, 9.17) is 18.9 Å². The lowest BCUT2D eigenvalue weighted by Gasteiger charge is -2.30. The number of hydrogen-bond acceptors (Lipinski definition) is 7. The standard InChI is InChI=1S/C25H27NO6/c1-29-21-11-10-18(14-22(21)30-2)23-19(24(27)31-3)15-26(16-20(23)25(28)32-4)13-12-17-8-6-5-7-9-17/h5-11,14-16,23H,12-13H2,1-4H3. The minimum atomic E-state index is -0.678. The summed E-state index contributed by atoms with van der Waals surface area (Å²) in [5.74, 6) is -0.690. The SMILES string of the molecule is COC(=O)C1=CN(CCc2ccccc2)C=C(C(=O)OC)C1c1ccc(OC)c(OC)c1. The van der Waals surface area contributed by atoms with Gasteiger partial charge in [0, 0.05) is 18.9 Å². The van der Waals surface area contributed by atoms with Crippen LogP contribution in [0.5, 0.6) is 11.5 Å². The van der Waals surface area contributed by atoms with Gasteiger partial charge in [-0.25, -0.2) is 9.59 Å². The van der Waals surface area contributed by atoms with Crippen molar-refractivity contribution in [2.24, 2.45) is 0 Å². The topological polar surface area (TPSA) is 74.3 Å². The molecule has 3 rings (SSSR count). The van der Waals surface area contributed by atoms with Crippen LogP contribution in [0, 0.1) is 0 Å². The quantitative estimate of drug-likeness (QED) is 0.586. The fourth-order valence-electron chi connectivity index (χ4n) is 3.71. The highest BCUT2D eigenvalue weighted by molar-refractivity contribution is 5.98. The Morgan fingerprint density at radius 2 is 1.41 bits per heavy atom. The molecule has 0 radical (unpaired) electrons. The first-order valence-electron chi connectivity index (χ1n) is 10.1. The molecule has 0 saturated carbocycles. The molecule has 1 aliphatic heterocycles. The third kappa shape index (κ3) is 4.94. The summed E-state index contributed by atoms with van der Waals surface area (Å²) in [6.07, 6.45) is 4.18. The first-order valence-corrected chi connectivity index (χ1v) is 10.1. The number of esters is 2. The van der Waals surface area contributed by atoms with Crippen LogP contribution in [-0.2, 0) is 25.5 Å². The molecule has 0 aromatic heterocycles. The monoisotopic (exact) mass is 437 g/mol. The van der Waals surface area contributed by atoms with Crippen molar-refractivity contribution in [2.75, 3.05) is 35.0 Å². The van der Waals surface area contributed by atoms with Crippen LogP contribution in [-0.4, -0.2) is 51.8 Å². The van der Waals surface area contributed by atoms with E-state index in [0.717, 1.165) is 12.0 Å². The van der Waals surface area contributed by atoms with Gasteiger partial charge in [0.25, 0.3) is 0 Å². The lowest BCUT2D eigenvalue weighted by Crippen LogP contribution is -2.29. The van der Waals surface area contributed by atoms with Crippen LogP contribution in [0.4, 0.5) is 0 Å². The average molecular weight is 437 g/mol. The van der Waals surface area contributed by atoms with Gasteiger partial charge in [0.2, 0.25) is 0 Å². The Hall–Kier alpha value is -3.74. The van der Waals surface area contributed by atoms with Gasteiger partial charge in [0.05, 0.1) is 45.5 Å². The van der Waals surface area contributed by atoms with E-state index < -0.39 is 17.9 Å². The molecule has 0 amide bonds. The van der Waals surface area contributed by atoms with Crippen LogP contribution >= 0.6 is 0 Å². The summed E-state index contributed by atoms with van der Waals surface area (Å²) in [6.45, 7) is 0.573. The number of carbonyl (C=O) groups is 2. The van der Waals surface area contributed by atoms with Gasteiger partial charge in [-0.2, -0.15) is 0 Å². The second kappa shape index (κ2) is 10.5. The highest BCUT2D eigenvalue weighted by Gasteiger charge is 2.35. The van der Waals surface area contributed by atoms with Crippen molar-refractivity contribution in [3.63, 3.8) is 0 Å². The molecule has 0 aliphatic carbocycles. The van der Waals surface area contributed by atoms with Crippen LogP contribution in [0.15, 0.2) is 72.1 Å². The molecule has 0 saturated heterocycles. The number of nitrogens with zero attached hydrogens (tertiary/aromatic N) is 1. The molecule has 1 aliphatic rings. The Bertz CT molecular complexity index is 994. The Morgan fingerprint density at radius 1 is 0.812 bits per heavy atom. The molecular weight excluding hydrogens is 410 g/mol. The predicted octanol–water partition coefficient (Wildman–Crippen LogP) is 3.46. The largest absolute Gasteiger partial charge is 0.493 e. The Morgan fingerprint density at radius 3 is 1.94 bits per heavy atom. The zero-order valence-electron chi connectivity index (χ0n) is 18.7. The van der Waals surface area contributed by atoms with Gasteiger partial charge in [-0.3, -0.25) is 0 Å². The maximum absolute atomic E-state index is 12.8. The highest BCUT2D eigenvalue weighted by atomic mass is 16.5. The smallest absolute Gasteiger partial charge is 0.336 e. The van der Waals surface area contributed by atoms with Crippen LogP contribution in [0.3, 0.4) is 0 Å². The molecule has 2 aromatic carbocycles. The van der Waals surface area contributed by atoms with Crippen molar-refractivity contribution in [2.45, 2.75) is 12.3 Å². The third-order valence-electron chi connectivity index (χ3n) is 5.32. The van der Waals surface area contributed by atoms with Crippen molar-refractivity contribution < 1.29 is 28.5 Å². The number of ether oxygens (including phenoxy) is 4. The molecule has 1 heterocycles. The maximum atomic E-state index is 12.8. The number of hydrogen-bond donors (Lipinski definition) is 0. The Kier molecular flexibility index (Phi) is 7.54. The Balaban J connectivity index is 2.03. The first kappa shape index (κ1) is 22.9. The molecule has 32 heavy (non-hydrogen) atoms. The highest BCUT2D eigenvalue weighted by Crippen LogP contribution is 2.40. The number of carbonyl (C=O) groups excluding carboxylic acids is 2. The average Bonchev–Trinajstić information content (AvgIpc) is 2.85. The normalized spacial score (nSPS) is 13.7. The molecule has 7 nitrogen and oxygen atoms in total. The van der Waals surface area contributed by atoms with E-state index in [0.29, 0.717) is 34.8 Å². The van der Waals surface area contributed by atoms with E-state index in [-0.39, 0.29) is 0 Å². The summed E-state index contributed by atoms with van der Waals surface area (Å²) in [4.78, 5) is 27.3. The molecule has 0 N–H and O–H groups in total. The Labute approximate surface area is 187 Å². The molecule has 0 spiro atoms. The molecule has 0 unspecified atom stereocenters.